The van der Waals surface area contributed by atoms with Gasteiger partial charge in [-0.15, -0.1) is 0 Å². The van der Waals surface area contributed by atoms with E-state index in [1.54, 1.807) is 0 Å². The molecule has 0 saturated carbocycles. The smallest absolute Gasteiger partial charge is 0.231 e. The molecule has 0 amide bonds. The van der Waals surface area contributed by atoms with Crippen LogP contribution >= 0.6 is 12.2 Å². The Bertz CT molecular complexity index is 896. The van der Waals surface area contributed by atoms with Crippen LogP contribution < -0.4 is 9.47 Å². The van der Waals surface area contributed by atoms with Gasteiger partial charge in [0.2, 0.25) is 6.79 Å². The van der Waals surface area contributed by atoms with Crippen molar-refractivity contribution >= 4 is 12.2 Å². The second kappa shape index (κ2) is 4.99. The first-order chi connectivity index (χ1) is 10.7. The van der Waals surface area contributed by atoms with Gasteiger partial charge >= 0.3 is 0 Å². The Morgan fingerprint density at radius 1 is 1.09 bits per heavy atom. The molecule has 2 heterocycles. The molecule has 22 heavy (non-hydrogen) atoms. The lowest BCUT2D eigenvalue weighted by atomic mass is 10.1. The molecule has 110 valence electrons. The van der Waals surface area contributed by atoms with Crippen LogP contribution in [0.1, 0.15) is 5.56 Å². The number of H-pyrrole nitrogens is 1. The van der Waals surface area contributed by atoms with Crippen molar-refractivity contribution in [1.82, 2.24) is 14.8 Å². The molecule has 4 rings (SSSR count). The van der Waals surface area contributed by atoms with E-state index in [0.29, 0.717) is 4.77 Å². The summed E-state index contributed by atoms with van der Waals surface area (Å²) in [6.45, 7) is 2.31. The number of aryl methyl sites for hydroxylation is 1. The van der Waals surface area contributed by atoms with Crippen molar-refractivity contribution in [2.24, 2.45) is 0 Å². The molecule has 1 aliphatic rings. The minimum Gasteiger partial charge on any atom is -0.454 e. The lowest BCUT2D eigenvalue weighted by Crippen LogP contribution is -1.97. The van der Waals surface area contributed by atoms with Gasteiger partial charge in [0.25, 0.3) is 0 Å². The molecule has 0 fully saturated rings. The van der Waals surface area contributed by atoms with E-state index in [9.17, 15) is 0 Å². The molecule has 1 N–H and O–H groups in total. The summed E-state index contributed by atoms with van der Waals surface area (Å²) in [5.41, 5.74) is 3.08. The van der Waals surface area contributed by atoms with Crippen LogP contribution in [0.2, 0.25) is 0 Å². The molecule has 1 aliphatic heterocycles. The van der Waals surface area contributed by atoms with E-state index >= 15 is 0 Å². The summed E-state index contributed by atoms with van der Waals surface area (Å²) < 4.78 is 13.2. The predicted octanol–water partition coefficient (Wildman–Crippen LogP) is 3.63. The largest absolute Gasteiger partial charge is 0.454 e. The highest BCUT2D eigenvalue weighted by Gasteiger charge is 2.17. The Hall–Kier alpha value is -2.60. The summed E-state index contributed by atoms with van der Waals surface area (Å²) in [4.78, 5) is 0. The monoisotopic (exact) mass is 311 g/mol. The van der Waals surface area contributed by atoms with Crippen LogP contribution in [0.4, 0.5) is 0 Å². The maximum absolute atomic E-state index is 5.43. The standard InChI is InChI=1S/C16H13N3O2S/c1-10-2-5-12(6-3-10)19-15(17-18-16(19)22)11-4-7-13-14(8-11)21-9-20-13/h2-8H,9H2,1H3,(H,18,22). The van der Waals surface area contributed by atoms with Crippen LogP contribution in [0.25, 0.3) is 17.1 Å². The average Bonchev–Trinajstić information content (AvgIpc) is 3.14. The van der Waals surface area contributed by atoms with Crippen LogP contribution in [0.5, 0.6) is 11.5 Å². The van der Waals surface area contributed by atoms with Crippen LogP contribution in [-0.4, -0.2) is 21.6 Å². The number of aromatic amines is 1. The summed E-state index contributed by atoms with van der Waals surface area (Å²) in [6, 6.07) is 13.9. The summed E-state index contributed by atoms with van der Waals surface area (Å²) in [7, 11) is 0. The maximum Gasteiger partial charge on any atom is 0.231 e. The second-order valence-corrected chi connectivity index (χ2v) is 5.48. The van der Waals surface area contributed by atoms with Crippen molar-refractivity contribution in [3.63, 3.8) is 0 Å². The van der Waals surface area contributed by atoms with Crippen LogP contribution in [0.3, 0.4) is 0 Å². The lowest BCUT2D eigenvalue weighted by molar-refractivity contribution is 0.174. The third kappa shape index (κ3) is 2.08. The Kier molecular flexibility index (Phi) is 2.97. The van der Waals surface area contributed by atoms with E-state index in [1.807, 2.05) is 47.0 Å². The zero-order valence-corrected chi connectivity index (χ0v) is 12.7. The summed E-state index contributed by atoms with van der Waals surface area (Å²) >= 11 is 5.38. The van der Waals surface area contributed by atoms with Gasteiger partial charge in [-0.05, 0) is 49.5 Å². The van der Waals surface area contributed by atoms with Gasteiger partial charge in [-0.2, -0.15) is 5.10 Å². The highest BCUT2D eigenvalue weighted by atomic mass is 32.1. The van der Waals surface area contributed by atoms with E-state index in [0.717, 1.165) is 28.6 Å². The van der Waals surface area contributed by atoms with Crippen molar-refractivity contribution in [1.29, 1.82) is 0 Å². The molecule has 1 aromatic heterocycles. The molecule has 0 spiro atoms. The van der Waals surface area contributed by atoms with E-state index in [4.69, 9.17) is 21.7 Å². The third-order valence-electron chi connectivity index (χ3n) is 3.60. The van der Waals surface area contributed by atoms with Gasteiger partial charge in [-0.3, -0.25) is 9.67 Å². The van der Waals surface area contributed by atoms with Gasteiger partial charge in [0.05, 0.1) is 0 Å². The van der Waals surface area contributed by atoms with Crippen molar-refractivity contribution in [3.05, 3.63) is 52.8 Å². The molecular formula is C16H13N3O2S. The number of benzene rings is 2. The summed E-state index contributed by atoms with van der Waals surface area (Å²) in [5, 5.41) is 7.22. The van der Waals surface area contributed by atoms with E-state index in [2.05, 4.69) is 17.1 Å². The second-order valence-electron chi connectivity index (χ2n) is 5.09. The number of nitrogens with one attached hydrogen (secondary N) is 1. The van der Waals surface area contributed by atoms with Gasteiger partial charge in [0.1, 0.15) is 0 Å². The molecule has 0 saturated heterocycles. The summed E-state index contributed by atoms with van der Waals surface area (Å²) in [5.74, 6) is 2.22. The number of aromatic nitrogens is 3. The van der Waals surface area contributed by atoms with E-state index in [-0.39, 0.29) is 6.79 Å². The number of fused-ring (bicyclic) bond motifs is 1. The molecule has 6 heteroatoms. The Labute approximate surface area is 132 Å². The normalized spacial score (nSPS) is 12.6. The van der Waals surface area contributed by atoms with Gasteiger partial charge < -0.3 is 9.47 Å². The molecule has 0 aliphatic carbocycles. The minimum absolute atomic E-state index is 0.254. The molecule has 3 aromatic rings. The third-order valence-corrected chi connectivity index (χ3v) is 3.87. The predicted molar refractivity (Wildman–Crippen MR) is 85.0 cm³/mol. The topological polar surface area (TPSA) is 52.1 Å². The molecule has 2 aromatic carbocycles. The average molecular weight is 311 g/mol. The first kappa shape index (κ1) is 13.1. The molecule has 5 nitrogen and oxygen atoms in total. The Morgan fingerprint density at radius 2 is 1.86 bits per heavy atom. The molecule has 0 bridgehead atoms. The zero-order valence-electron chi connectivity index (χ0n) is 11.9. The fraction of sp³-hybridized carbons (Fsp3) is 0.125. The lowest BCUT2D eigenvalue weighted by Gasteiger charge is -2.08. The highest BCUT2D eigenvalue weighted by Crippen LogP contribution is 2.35. The molecule has 0 atom stereocenters. The van der Waals surface area contributed by atoms with Gasteiger partial charge in [0, 0.05) is 11.3 Å². The number of ether oxygens (including phenoxy) is 2. The minimum atomic E-state index is 0.254. The number of hydrogen-bond donors (Lipinski definition) is 1. The fourth-order valence-electron chi connectivity index (χ4n) is 2.46. The summed E-state index contributed by atoms with van der Waals surface area (Å²) in [6.07, 6.45) is 0. The quantitative estimate of drug-likeness (QED) is 0.734. The number of rotatable bonds is 2. The zero-order chi connectivity index (χ0) is 15.1. The molecular weight excluding hydrogens is 298 g/mol. The van der Waals surface area contributed by atoms with Gasteiger partial charge in [0.15, 0.2) is 22.1 Å². The SMILES string of the molecule is Cc1ccc(-n2c(-c3ccc4c(c3)OCO4)n[nH]c2=S)cc1. The Morgan fingerprint density at radius 3 is 2.68 bits per heavy atom. The van der Waals surface area contributed by atoms with E-state index in [1.165, 1.54) is 5.56 Å². The molecule has 0 radical (unpaired) electrons. The maximum atomic E-state index is 5.43. The number of nitrogens with zero attached hydrogens (tertiary/aromatic N) is 2. The van der Waals surface area contributed by atoms with Gasteiger partial charge in [-0.25, -0.2) is 0 Å². The van der Waals surface area contributed by atoms with Crippen molar-refractivity contribution < 1.29 is 9.47 Å². The fourth-order valence-corrected chi connectivity index (χ4v) is 2.70. The van der Waals surface area contributed by atoms with Crippen LogP contribution in [0.15, 0.2) is 42.5 Å². The van der Waals surface area contributed by atoms with Crippen LogP contribution in [0, 0.1) is 11.7 Å². The van der Waals surface area contributed by atoms with E-state index < -0.39 is 0 Å². The highest BCUT2D eigenvalue weighted by molar-refractivity contribution is 7.71. The van der Waals surface area contributed by atoms with Gasteiger partial charge in [-0.1, -0.05) is 17.7 Å². The number of hydrogen-bond acceptors (Lipinski definition) is 4. The first-order valence-electron chi connectivity index (χ1n) is 6.87. The van der Waals surface area contributed by atoms with Crippen molar-refractivity contribution in [3.8, 4) is 28.6 Å². The van der Waals surface area contributed by atoms with Crippen LogP contribution in [-0.2, 0) is 0 Å². The van der Waals surface area contributed by atoms with Crippen molar-refractivity contribution in [2.75, 3.05) is 6.79 Å². The molecule has 0 unspecified atom stereocenters. The first-order valence-corrected chi connectivity index (χ1v) is 7.28. The van der Waals surface area contributed by atoms with Crippen molar-refractivity contribution in [2.45, 2.75) is 6.92 Å². The Balaban J connectivity index is 1.87.